The Hall–Kier alpha value is -3.04. The van der Waals surface area contributed by atoms with E-state index in [4.69, 9.17) is 9.57 Å². The maximum atomic E-state index is 15.0. The standard InChI is InChI=1S/C23H27FN4O4/c1-17(29)4-6-20-16-28(23(30)32-20)19-5-7-22(21(24)13-19)26-9-10-27(31-12-11-26)15-18-3-2-8-25-14-18/h2-3,5,7-8,13-14,20H,4,6,9-12,15-16H2,1H3/t20-/m0/s1. The van der Waals surface area contributed by atoms with Gasteiger partial charge in [-0.2, -0.15) is 5.06 Å². The third-order valence-corrected chi connectivity index (χ3v) is 5.61. The molecule has 0 aliphatic carbocycles. The van der Waals surface area contributed by atoms with Gasteiger partial charge in [0.2, 0.25) is 0 Å². The predicted molar refractivity (Wildman–Crippen MR) is 117 cm³/mol. The lowest BCUT2D eigenvalue weighted by Crippen LogP contribution is -2.31. The van der Waals surface area contributed by atoms with Gasteiger partial charge < -0.3 is 14.4 Å². The van der Waals surface area contributed by atoms with E-state index < -0.39 is 11.9 Å². The zero-order valence-electron chi connectivity index (χ0n) is 18.1. The smallest absolute Gasteiger partial charge is 0.414 e. The van der Waals surface area contributed by atoms with Gasteiger partial charge in [0.15, 0.2) is 0 Å². The summed E-state index contributed by atoms with van der Waals surface area (Å²) in [5.41, 5.74) is 1.97. The van der Waals surface area contributed by atoms with Gasteiger partial charge in [-0.25, -0.2) is 9.18 Å². The van der Waals surface area contributed by atoms with Crippen LogP contribution in [0.4, 0.5) is 20.6 Å². The van der Waals surface area contributed by atoms with Gasteiger partial charge in [-0.3, -0.25) is 14.7 Å². The molecule has 3 heterocycles. The van der Waals surface area contributed by atoms with Gasteiger partial charge in [0.25, 0.3) is 0 Å². The van der Waals surface area contributed by atoms with E-state index in [0.29, 0.717) is 63.5 Å². The van der Waals surface area contributed by atoms with Gasteiger partial charge in [0, 0.05) is 38.4 Å². The molecule has 1 aromatic heterocycles. The summed E-state index contributed by atoms with van der Waals surface area (Å²) in [5, 5.41) is 1.87. The molecule has 0 unspecified atom stereocenters. The van der Waals surface area contributed by atoms with Gasteiger partial charge in [-0.1, -0.05) is 6.07 Å². The van der Waals surface area contributed by atoms with E-state index in [1.54, 1.807) is 24.5 Å². The maximum Gasteiger partial charge on any atom is 0.414 e. The van der Waals surface area contributed by atoms with Crippen molar-refractivity contribution in [3.8, 4) is 0 Å². The number of hydrogen-bond donors (Lipinski definition) is 0. The minimum atomic E-state index is -0.514. The van der Waals surface area contributed by atoms with Crippen LogP contribution in [-0.2, 0) is 20.9 Å². The Kier molecular flexibility index (Phi) is 6.96. The Morgan fingerprint density at radius 2 is 2.12 bits per heavy atom. The van der Waals surface area contributed by atoms with Crippen LogP contribution in [0.2, 0.25) is 0 Å². The van der Waals surface area contributed by atoms with E-state index >= 15 is 4.39 Å². The number of halogens is 1. The van der Waals surface area contributed by atoms with E-state index in [9.17, 15) is 9.59 Å². The highest BCUT2D eigenvalue weighted by atomic mass is 19.1. The van der Waals surface area contributed by atoms with Crippen molar-refractivity contribution >= 4 is 23.3 Å². The summed E-state index contributed by atoms with van der Waals surface area (Å²) >= 11 is 0. The van der Waals surface area contributed by atoms with Crippen molar-refractivity contribution in [1.82, 2.24) is 10.0 Å². The van der Waals surface area contributed by atoms with Crippen molar-refractivity contribution in [2.45, 2.75) is 32.4 Å². The number of ether oxygens (including phenoxy) is 1. The number of aromatic nitrogens is 1. The second kappa shape index (κ2) is 10.1. The van der Waals surface area contributed by atoms with E-state index in [-0.39, 0.29) is 11.9 Å². The molecule has 1 atom stereocenters. The largest absolute Gasteiger partial charge is 0.444 e. The van der Waals surface area contributed by atoms with Crippen molar-refractivity contribution in [1.29, 1.82) is 0 Å². The third-order valence-electron chi connectivity index (χ3n) is 5.61. The van der Waals surface area contributed by atoms with E-state index in [0.717, 1.165) is 5.56 Å². The van der Waals surface area contributed by atoms with Crippen molar-refractivity contribution in [2.75, 3.05) is 42.6 Å². The molecule has 9 heteroatoms. The number of amides is 1. The highest BCUT2D eigenvalue weighted by Crippen LogP contribution is 2.29. The number of ketones is 1. The van der Waals surface area contributed by atoms with Crippen molar-refractivity contribution in [2.24, 2.45) is 0 Å². The first-order valence-electron chi connectivity index (χ1n) is 10.8. The summed E-state index contributed by atoms with van der Waals surface area (Å²) < 4.78 is 20.3. The molecule has 170 valence electrons. The Morgan fingerprint density at radius 1 is 1.25 bits per heavy atom. The number of carbonyl (C=O) groups is 2. The zero-order chi connectivity index (χ0) is 22.5. The van der Waals surface area contributed by atoms with Crippen LogP contribution < -0.4 is 9.80 Å². The van der Waals surface area contributed by atoms with Gasteiger partial charge in [0.1, 0.15) is 17.7 Å². The highest BCUT2D eigenvalue weighted by Gasteiger charge is 2.33. The predicted octanol–water partition coefficient (Wildman–Crippen LogP) is 3.17. The molecule has 0 spiro atoms. The molecule has 2 fully saturated rings. The van der Waals surface area contributed by atoms with Crippen LogP contribution >= 0.6 is 0 Å². The first-order valence-corrected chi connectivity index (χ1v) is 10.8. The molecule has 0 bridgehead atoms. The molecular formula is C23H27FN4O4. The van der Waals surface area contributed by atoms with Gasteiger partial charge >= 0.3 is 6.09 Å². The Morgan fingerprint density at radius 3 is 2.88 bits per heavy atom. The van der Waals surface area contributed by atoms with Crippen LogP contribution in [0.25, 0.3) is 0 Å². The number of anilines is 2. The minimum Gasteiger partial charge on any atom is -0.444 e. The monoisotopic (exact) mass is 442 g/mol. The van der Waals surface area contributed by atoms with Gasteiger partial charge in [-0.15, -0.1) is 0 Å². The lowest BCUT2D eigenvalue weighted by molar-refractivity contribution is -0.154. The van der Waals surface area contributed by atoms with Crippen LogP contribution in [0, 0.1) is 5.82 Å². The molecule has 32 heavy (non-hydrogen) atoms. The van der Waals surface area contributed by atoms with Crippen molar-refractivity contribution in [3.05, 3.63) is 54.1 Å². The molecule has 4 rings (SSSR count). The van der Waals surface area contributed by atoms with E-state index in [1.807, 2.05) is 22.1 Å². The second-order valence-corrected chi connectivity index (χ2v) is 8.04. The number of Topliss-reactive ketones (excluding diaryl/α,β-unsaturated/α-hetero) is 1. The zero-order valence-corrected chi connectivity index (χ0v) is 18.1. The summed E-state index contributed by atoms with van der Waals surface area (Å²) in [7, 11) is 0. The number of hydrogen-bond acceptors (Lipinski definition) is 7. The fourth-order valence-corrected chi connectivity index (χ4v) is 3.92. The van der Waals surface area contributed by atoms with E-state index in [2.05, 4.69) is 4.98 Å². The average Bonchev–Trinajstić information content (AvgIpc) is 3.00. The minimum absolute atomic E-state index is 0.0512. The fraction of sp³-hybridized carbons (Fsp3) is 0.435. The van der Waals surface area contributed by atoms with Crippen molar-refractivity contribution in [3.63, 3.8) is 0 Å². The summed E-state index contributed by atoms with van der Waals surface area (Å²) in [6.45, 7) is 4.66. The topological polar surface area (TPSA) is 75.2 Å². The van der Waals surface area contributed by atoms with Gasteiger partial charge in [-0.05, 0) is 43.2 Å². The molecule has 2 aromatic rings. The van der Waals surface area contributed by atoms with E-state index in [1.165, 1.54) is 17.9 Å². The fourth-order valence-electron chi connectivity index (χ4n) is 3.92. The van der Waals surface area contributed by atoms with Crippen LogP contribution in [0.1, 0.15) is 25.3 Å². The molecule has 1 aromatic carbocycles. The van der Waals surface area contributed by atoms with Gasteiger partial charge in [0.05, 0.1) is 31.1 Å². The molecule has 8 nitrogen and oxygen atoms in total. The Bertz CT molecular complexity index is 958. The molecule has 0 saturated carbocycles. The molecule has 1 amide bonds. The van der Waals surface area contributed by atoms with Crippen LogP contribution in [0.15, 0.2) is 42.7 Å². The molecular weight excluding hydrogens is 415 g/mol. The molecule has 0 radical (unpaired) electrons. The average molecular weight is 442 g/mol. The van der Waals surface area contributed by atoms with Crippen LogP contribution in [0.5, 0.6) is 0 Å². The normalized spacial score (nSPS) is 19.7. The lowest BCUT2D eigenvalue weighted by Gasteiger charge is -2.24. The van der Waals surface area contributed by atoms with Crippen LogP contribution in [-0.4, -0.2) is 60.8 Å². The summed E-state index contributed by atoms with van der Waals surface area (Å²) in [6.07, 6.45) is 3.49. The first kappa shape index (κ1) is 22.2. The molecule has 2 aliphatic rings. The highest BCUT2D eigenvalue weighted by molar-refractivity contribution is 5.90. The van der Waals surface area contributed by atoms with Crippen molar-refractivity contribution < 1.29 is 23.6 Å². The lowest BCUT2D eigenvalue weighted by atomic mass is 10.1. The number of carbonyl (C=O) groups excluding carboxylic acids is 2. The number of nitrogens with zero attached hydrogens (tertiary/aromatic N) is 4. The number of pyridine rings is 1. The number of rotatable bonds is 7. The summed E-state index contributed by atoms with van der Waals surface area (Å²) in [6, 6.07) is 8.66. The SMILES string of the molecule is CC(=O)CC[C@H]1CN(c2ccc(N3CCON(Cc4cccnc4)CC3)c(F)c2)C(=O)O1. The maximum absolute atomic E-state index is 15.0. The number of hydroxylamine groups is 2. The Labute approximate surface area is 186 Å². The molecule has 2 aliphatic heterocycles. The second-order valence-electron chi connectivity index (χ2n) is 8.04. The Balaban J connectivity index is 1.38. The number of cyclic esters (lactones) is 1. The first-order chi connectivity index (χ1) is 15.5. The number of benzene rings is 1. The quantitative estimate of drug-likeness (QED) is 0.652. The molecule has 2 saturated heterocycles. The summed E-state index contributed by atoms with van der Waals surface area (Å²) in [5.74, 6) is -0.349. The summed E-state index contributed by atoms with van der Waals surface area (Å²) in [4.78, 5) is 36.7. The molecule has 0 N–H and O–H groups in total. The third kappa shape index (κ3) is 5.41. The van der Waals surface area contributed by atoms with Crippen LogP contribution in [0.3, 0.4) is 0 Å².